The van der Waals surface area contributed by atoms with E-state index in [1.165, 1.54) is 46.3 Å². The number of fused-ring (bicyclic) bond motifs is 14. The molecule has 330 valence electrons. The number of nitrogens with one attached hydrogen (secondary N) is 1. The van der Waals surface area contributed by atoms with Crippen LogP contribution in [0.4, 0.5) is 11.4 Å². The molecule has 9 atom stereocenters. The first-order valence-corrected chi connectivity index (χ1v) is 20.7. The molecule has 2 aromatic carbocycles. The fourth-order valence-electron chi connectivity index (χ4n) is 8.69. The summed E-state index contributed by atoms with van der Waals surface area (Å²) in [6, 6.07) is 0. The minimum atomic E-state index is -2.02. The number of anilines is 2. The number of hydrogen-bond donors (Lipinski definition) is 6. The Morgan fingerprint density at radius 1 is 0.933 bits per heavy atom. The van der Waals surface area contributed by atoms with Crippen LogP contribution in [0.1, 0.15) is 78.2 Å². The number of methoxy groups -OCH3 is 1. The number of allylic oxidation sites excluding steroid dienone is 2. The van der Waals surface area contributed by atoms with Gasteiger partial charge in [-0.1, -0.05) is 59.8 Å². The summed E-state index contributed by atoms with van der Waals surface area (Å²) in [6.07, 6.45) is 3.73. The lowest BCUT2D eigenvalue weighted by atomic mass is 9.78. The highest BCUT2D eigenvalue weighted by molar-refractivity contribution is 6.23. The third-order valence-corrected chi connectivity index (χ3v) is 12.3. The molecule has 0 radical (unpaired) electrons. The lowest BCUT2D eigenvalue weighted by Gasteiger charge is -2.38. The summed E-state index contributed by atoms with van der Waals surface area (Å²) >= 11 is 0. The predicted octanol–water partition coefficient (Wildman–Crippen LogP) is 5.53. The second-order valence-corrected chi connectivity index (χ2v) is 17.2. The largest absolute Gasteiger partial charge is 0.507 e. The lowest BCUT2D eigenvalue weighted by Crippen LogP contribution is -2.47. The van der Waals surface area contributed by atoms with Crippen LogP contribution in [-0.4, -0.2) is 118 Å². The summed E-state index contributed by atoms with van der Waals surface area (Å²) in [7, 11) is 1.45. The number of ketones is 1. The van der Waals surface area contributed by atoms with Crippen LogP contribution < -0.4 is 15.0 Å². The molecule has 1 saturated heterocycles. The minimum Gasteiger partial charge on any atom is -0.507 e. The maximum absolute atomic E-state index is 14.5. The average Bonchev–Trinajstić information content (AvgIpc) is 3.46. The molecule has 15 heteroatoms. The summed E-state index contributed by atoms with van der Waals surface area (Å²) in [6.45, 7) is 19.8. The molecule has 1 amide bonds. The van der Waals surface area contributed by atoms with E-state index in [0.717, 1.165) is 6.54 Å². The number of ether oxygens (including phenoxy) is 4. The Kier molecular flexibility index (Phi) is 14.2. The molecule has 0 spiro atoms. The second-order valence-electron chi connectivity index (χ2n) is 17.2. The molecule has 9 unspecified atom stereocenters. The van der Waals surface area contributed by atoms with E-state index in [4.69, 9.17) is 18.9 Å². The SMILES string of the molecule is COC1/C=C\OC2(C)Oc3c(C)c(O)c4c(O)c(c(N5CCN(CC(C)C)CC5)c(O)c4c3C2=O)NC(=O)/C(C)=C\C=C/C(C)C(O)C(C)C(O)C(C)C(OC(C)=O)C1C. The first kappa shape index (κ1) is 46.2. The van der Waals surface area contributed by atoms with Gasteiger partial charge in [0.2, 0.25) is 0 Å². The highest BCUT2D eigenvalue weighted by Crippen LogP contribution is 2.57. The van der Waals surface area contributed by atoms with Crippen molar-refractivity contribution in [3.05, 3.63) is 47.3 Å². The van der Waals surface area contributed by atoms with Crippen molar-refractivity contribution in [2.75, 3.05) is 50.1 Å². The first-order valence-electron chi connectivity index (χ1n) is 20.7. The van der Waals surface area contributed by atoms with Gasteiger partial charge in [-0.2, -0.15) is 0 Å². The molecule has 0 saturated carbocycles. The predicted molar refractivity (Wildman–Crippen MR) is 227 cm³/mol. The highest BCUT2D eigenvalue weighted by atomic mass is 16.7. The average molecular weight is 838 g/mol. The number of phenols is 3. The van der Waals surface area contributed by atoms with E-state index >= 15 is 0 Å². The third-order valence-electron chi connectivity index (χ3n) is 12.3. The molecule has 0 aliphatic carbocycles. The minimum absolute atomic E-state index is 0.0592. The van der Waals surface area contributed by atoms with Gasteiger partial charge in [0.15, 0.2) is 5.75 Å². The lowest BCUT2D eigenvalue weighted by molar-refractivity contribution is -0.160. The van der Waals surface area contributed by atoms with Gasteiger partial charge in [0.25, 0.3) is 11.7 Å². The number of rotatable bonds is 5. The van der Waals surface area contributed by atoms with Gasteiger partial charge in [0.1, 0.15) is 34.7 Å². The molecule has 4 aliphatic heterocycles. The van der Waals surface area contributed by atoms with Gasteiger partial charge in [0, 0.05) is 93.9 Å². The van der Waals surface area contributed by atoms with Crippen molar-refractivity contribution in [2.45, 2.75) is 99.4 Å². The topological polar surface area (TPSA) is 208 Å². The maximum atomic E-state index is 14.5. The van der Waals surface area contributed by atoms with Crippen LogP contribution in [0.25, 0.3) is 10.8 Å². The monoisotopic (exact) mass is 837 g/mol. The Morgan fingerprint density at radius 2 is 1.58 bits per heavy atom. The third kappa shape index (κ3) is 8.95. The van der Waals surface area contributed by atoms with Crippen LogP contribution in [-0.2, 0) is 23.8 Å². The molecule has 60 heavy (non-hydrogen) atoms. The number of hydrogen-bond acceptors (Lipinski definition) is 14. The van der Waals surface area contributed by atoms with Crippen LogP contribution in [0.15, 0.2) is 36.1 Å². The number of piperazine rings is 1. The number of aliphatic hydroxyl groups excluding tert-OH is 2. The van der Waals surface area contributed by atoms with Crippen LogP contribution in [0, 0.1) is 36.5 Å². The van der Waals surface area contributed by atoms with Gasteiger partial charge >= 0.3 is 11.8 Å². The number of nitrogens with zero attached hydrogens (tertiary/aromatic N) is 2. The Balaban J connectivity index is 1.70. The van der Waals surface area contributed by atoms with Gasteiger partial charge in [-0.25, -0.2) is 0 Å². The number of phenolic OH excluding ortho intramolecular Hbond substituents is 3. The zero-order valence-electron chi connectivity index (χ0n) is 36.6. The van der Waals surface area contributed by atoms with Gasteiger partial charge in [-0.15, -0.1) is 0 Å². The van der Waals surface area contributed by atoms with Crippen molar-refractivity contribution in [2.24, 2.45) is 29.6 Å². The molecule has 6 N–H and O–H groups in total. The first-order chi connectivity index (χ1) is 28.1. The quantitative estimate of drug-likeness (QED) is 0.124. The van der Waals surface area contributed by atoms with Crippen molar-refractivity contribution in [1.82, 2.24) is 4.90 Å². The van der Waals surface area contributed by atoms with E-state index in [9.17, 15) is 39.9 Å². The summed E-state index contributed by atoms with van der Waals surface area (Å²) in [5, 5.41) is 61.4. The Bertz CT molecular complexity index is 2050. The summed E-state index contributed by atoms with van der Waals surface area (Å²) in [5.41, 5.74) is 0.0871. The van der Waals surface area contributed by atoms with Crippen LogP contribution in [0.2, 0.25) is 0 Å². The number of carbonyl (C=O) groups is 3. The van der Waals surface area contributed by atoms with Crippen LogP contribution >= 0.6 is 0 Å². The molecule has 2 aromatic rings. The number of Topliss-reactive ketones (excluding diaryl/α,β-unsaturated/α-hetero) is 1. The molecular formula is C45H63N3O12. The van der Waals surface area contributed by atoms with Crippen molar-refractivity contribution < 1.29 is 58.9 Å². The molecule has 4 heterocycles. The number of aromatic hydroxyl groups is 3. The van der Waals surface area contributed by atoms with Gasteiger partial charge < -0.3 is 54.7 Å². The summed E-state index contributed by atoms with van der Waals surface area (Å²) < 4.78 is 23.7. The van der Waals surface area contributed by atoms with Gasteiger partial charge in [-0.05, 0) is 25.8 Å². The van der Waals surface area contributed by atoms with Crippen molar-refractivity contribution in [3.8, 4) is 23.0 Å². The molecule has 15 nitrogen and oxygen atoms in total. The summed E-state index contributed by atoms with van der Waals surface area (Å²) in [4.78, 5) is 44.9. The zero-order valence-corrected chi connectivity index (χ0v) is 36.6. The van der Waals surface area contributed by atoms with E-state index < -0.39 is 88.8 Å². The number of aliphatic hydroxyl groups is 2. The molecule has 6 rings (SSSR count). The zero-order chi connectivity index (χ0) is 44.5. The normalized spacial score (nSPS) is 31.7. The molecule has 5 bridgehead atoms. The fraction of sp³-hybridized carbons (Fsp3) is 0.578. The van der Waals surface area contributed by atoms with Crippen molar-refractivity contribution in [3.63, 3.8) is 0 Å². The maximum Gasteiger partial charge on any atom is 0.312 e. The van der Waals surface area contributed by atoms with Crippen LogP contribution in [0.5, 0.6) is 23.0 Å². The molecule has 1 fully saturated rings. The fourth-order valence-corrected chi connectivity index (χ4v) is 8.69. The summed E-state index contributed by atoms with van der Waals surface area (Å²) in [5.74, 6) is -7.50. The van der Waals surface area contributed by atoms with Crippen molar-refractivity contribution in [1.29, 1.82) is 0 Å². The number of esters is 1. The van der Waals surface area contributed by atoms with Crippen molar-refractivity contribution >= 4 is 39.8 Å². The number of benzene rings is 2. The van der Waals surface area contributed by atoms with E-state index in [1.54, 1.807) is 46.8 Å². The highest BCUT2D eigenvalue weighted by Gasteiger charge is 2.50. The molecular weight excluding hydrogens is 775 g/mol. The Hall–Kier alpha value is -4.83. The van der Waals surface area contributed by atoms with E-state index in [1.807, 2.05) is 4.90 Å². The smallest absolute Gasteiger partial charge is 0.312 e. The van der Waals surface area contributed by atoms with Crippen LogP contribution in [0.3, 0.4) is 0 Å². The molecule has 4 aliphatic rings. The van der Waals surface area contributed by atoms with Gasteiger partial charge in [-0.3, -0.25) is 19.3 Å². The standard InChI is InChI=1S/C45H63N3O12/c1-22(2)21-47-16-18-48(19-17-47)35-34-39(53)32-31(40(35)54)33-42(28(8)38(32)52)60-45(10,43(33)55)58-20-15-30(57-11)25(5)41(59-29(9)49)27(7)37(51)26(6)36(50)23(3)13-12-14-24(4)44(56)46-34/h12-15,20,22-23,25-27,30,36-37,41,50-54H,16-19,21H2,1-11H3,(H,46,56)/b13-12-,20-15-,24-14-. The van der Waals surface area contributed by atoms with E-state index in [2.05, 4.69) is 24.1 Å². The number of carbonyl (C=O) groups excluding carboxylic acids is 3. The Labute approximate surface area is 352 Å². The van der Waals surface area contributed by atoms with Gasteiger partial charge in [0.05, 0.1) is 35.5 Å². The van der Waals surface area contributed by atoms with E-state index in [0.29, 0.717) is 32.1 Å². The molecule has 0 aromatic heterocycles. The number of amides is 1. The van der Waals surface area contributed by atoms with E-state index in [-0.39, 0.29) is 44.6 Å². The second kappa shape index (κ2) is 18.4. The Morgan fingerprint density at radius 3 is 2.18 bits per heavy atom.